The zero-order valence-electron chi connectivity index (χ0n) is 24.5. The fourth-order valence-electron chi connectivity index (χ4n) is 4.32. The molecule has 0 atom stereocenters. The Morgan fingerprint density at radius 1 is 0.864 bits per heavy atom. The highest BCUT2D eigenvalue weighted by molar-refractivity contribution is 7.98. The normalized spacial score (nSPS) is 10.9. The number of ether oxygens (including phenoxy) is 2. The van der Waals surface area contributed by atoms with Crippen molar-refractivity contribution in [3.8, 4) is 22.9 Å². The Labute approximate surface area is 259 Å². The van der Waals surface area contributed by atoms with Crippen LogP contribution in [0.4, 0.5) is 11.4 Å². The molecular formula is C34H31N5O4S. The lowest BCUT2D eigenvalue weighted by Gasteiger charge is -2.12. The Morgan fingerprint density at radius 3 is 2.32 bits per heavy atom. The van der Waals surface area contributed by atoms with Gasteiger partial charge in [-0.3, -0.25) is 9.59 Å². The van der Waals surface area contributed by atoms with Gasteiger partial charge in [-0.05, 0) is 65.7 Å². The zero-order chi connectivity index (χ0) is 30.9. The standard InChI is InChI=1S/C34H31N5O4S/c1-39-32(25-14-16-27(17-15-25)35-31(40)20-11-23-7-5-4-6-8-23)37-38-34(39)44-22-24-9-12-26(13-10-24)33(41)36-29-21-28(42-2)18-19-30(29)43-3/h4-21H,22H2,1-3H3,(H,35,40)(H,36,41). The SMILES string of the molecule is COc1ccc(OC)c(NC(=O)c2ccc(CSc3nnc(-c4ccc(NC(=O)C=Cc5ccccc5)cc4)n3C)cc2)c1. The van der Waals surface area contributed by atoms with Crippen LogP contribution in [-0.2, 0) is 17.6 Å². The van der Waals surface area contributed by atoms with E-state index in [1.54, 1.807) is 62.4 Å². The van der Waals surface area contributed by atoms with Crippen molar-refractivity contribution in [2.45, 2.75) is 10.9 Å². The van der Waals surface area contributed by atoms with Crippen molar-refractivity contribution in [2.75, 3.05) is 24.9 Å². The summed E-state index contributed by atoms with van der Waals surface area (Å²) in [5, 5.41) is 15.3. The van der Waals surface area contributed by atoms with E-state index in [1.165, 1.54) is 6.08 Å². The highest BCUT2D eigenvalue weighted by Gasteiger charge is 2.14. The molecule has 44 heavy (non-hydrogen) atoms. The van der Waals surface area contributed by atoms with E-state index in [1.807, 2.05) is 78.3 Å². The van der Waals surface area contributed by atoms with Gasteiger partial charge >= 0.3 is 0 Å². The zero-order valence-corrected chi connectivity index (χ0v) is 25.3. The number of hydrogen-bond donors (Lipinski definition) is 2. The van der Waals surface area contributed by atoms with Crippen LogP contribution in [0.25, 0.3) is 17.5 Å². The van der Waals surface area contributed by atoms with Gasteiger partial charge in [0.15, 0.2) is 11.0 Å². The minimum atomic E-state index is -0.247. The van der Waals surface area contributed by atoms with E-state index in [9.17, 15) is 9.59 Å². The van der Waals surface area contributed by atoms with Gasteiger partial charge in [0.1, 0.15) is 11.5 Å². The van der Waals surface area contributed by atoms with Crippen molar-refractivity contribution in [1.82, 2.24) is 14.8 Å². The number of benzene rings is 4. The van der Waals surface area contributed by atoms with Gasteiger partial charge < -0.3 is 24.7 Å². The summed E-state index contributed by atoms with van der Waals surface area (Å²) < 4.78 is 12.5. The summed E-state index contributed by atoms with van der Waals surface area (Å²) >= 11 is 1.55. The molecule has 2 N–H and O–H groups in total. The Bertz CT molecular complexity index is 1770. The topological polar surface area (TPSA) is 107 Å². The lowest BCUT2D eigenvalue weighted by Crippen LogP contribution is -2.12. The monoisotopic (exact) mass is 605 g/mol. The van der Waals surface area contributed by atoms with Crippen molar-refractivity contribution in [1.29, 1.82) is 0 Å². The van der Waals surface area contributed by atoms with Crippen molar-refractivity contribution in [3.05, 3.63) is 120 Å². The summed E-state index contributed by atoms with van der Waals surface area (Å²) in [4.78, 5) is 25.2. The number of thioether (sulfide) groups is 1. The van der Waals surface area contributed by atoms with E-state index in [0.717, 1.165) is 21.8 Å². The third-order valence-corrected chi connectivity index (χ3v) is 7.80. The second-order valence-electron chi connectivity index (χ2n) is 9.68. The predicted octanol–water partition coefficient (Wildman–Crippen LogP) is 6.70. The van der Waals surface area contributed by atoms with Gasteiger partial charge in [-0.1, -0.05) is 54.2 Å². The highest BCUT2D eigenvalue weighted by Crippen LogP contribution is 2.30. The molecule has 0 saturated heterocycles. The first kappa shape index (κ1) is 30.1. The molecule has 5 rings (SSSR count). The molecule has 0 spiro atoms. The van der Waals surface area contributed by atoms with Crippen LogP contribution in [0.2, 0.25) is 0 Å². The van der Waals surface area contributed by atoms with Gasteiger partial charge in [-0.15, -0.1) is 10.2 Å². The van der Waals surface area contributed by atoms with Gasteiger partial charge in [0.05, 0.1) is 19.9 Å². The Balaban J connectivity index is 1.16. The van der Waals surface area contributed by atoms with Crippen molar-refractivity contribution in [2.24, 2.45) is 7.05 Å². The number of nitrogens with one attached hydrogen (secondary N) is 2. The highest BCUT2D eigenvalue weighted by atomic mass is 32.2. The van der Waals surface area contributed by atoms with E-state index < -0.39 is 0 Å². The van der Waals surface area contributed by atoms with Gasteiger partial charge in [-0.2, -0.15) is 0 Å². The van der Waals surface area contributed by atoms with Crippen molar-refractivity contribution < 1.29 is 19.1 Å². The smallest absolute Gasteiger partial charge is 0.255 e. The molecule has 0 aliphatic heterocycles. The average molecular weight is 606 g/mol. The van der Waals surface area contributed by atoms with E-state index in [4.69, 9.17) is 9.47 Å². The number of aromatic nitrogens is 3. The predicted molar refractivity (Wildman–Crippen MR) is 174 cm³/mol. The average Bonchev–Trinajstić information content (AvgIpc) is 3.43. The van der Waals surface area contributed by atoms with E-state index in [-0.39, 0.29) is 11.8 Å². The lowest BCUT2D eigenvalue weighted by molar-refractivity contribution is -0.111. The molecule has 0 fully saturated rings. The Morgan fingerprint density at radius 2 is 1.61 bits per heavy atom. The van der Waals surface area contributed by atoms with E-state index in [0.29, 0.717) is 40.0 Å². The van der Waals surface area contributed by atoms with Crippen LogP contribution in [-0.4, -0.2) is 40.8 Å². The second-order valence-corrected chi connectivity index (χ2v) is 10.6. The maximum atomic E-state index is 12.9. The molecule has 5 aromatic rings. The molecule has 0 bridgehead atoms. The quantitative estimate of drug-likeness (QED) is 0.128. The van der Waals surface area contributed by atoms with Crippen LogP contribution in [0.5, 0.6) is 11.5 Å². The maximum Gasteiger partial charge on any atom is 0.255 e. The Hall–Kier alpha value is -5.35. The number of nitrogens with zero attached hydrogens (tertiary/aromatic N) is 3. The number of amides is 2. The van der Waals surface area contributed by atoms with Crippen molar-refractivity contribution >= 4 is 41.0 Å². The number of anilines is 2. The van der Waals surface area contributed by atoms with Crippen molar-refractivity contribution in [3.63, 3.8) is 0 Å². The summed E-state index contributed by atoms with van der Waals surface area (Å²) in [6.45, 7) is 0. The first-order valence-corrected chi connectivity index (χ1v) is 14.7. The molecule has 0 aliphatic carbocycles. The van der Waals surface area contributed by atoms with E-state index in [2.05, 4.69) is 20.8 Å². The lowest BCUT2D eigenvalue weighted by atomic mass is 10.1. The summed E-state index contributed by atoms with van der Waals surface area (Å²) in [6.07, 6.45) is 3.28. The molecule has 0 saturated carbocycles. The first-order chi connectivity index (χ1) is 21.4. The van der Waals surface area contributed by atoms with Crippen LogP contribution in [0, 0.1) is 0 Å². The molecule has 0 radical (unpaired) electrons. The molecule has 10 heteroatoms. The van der Waals surface area contributed by atoms with Gasteiger partial charge in [0, 0.05) is 41.8 Å². The van der Waals surface area contributed by atoms with Gasteiger partial charge in [0.2, 0.25) is 5.91 Å². The van der Waals surface area contributed by atoms with Crippen LogP contribution >= 0.6 is 11.8 Å². The molecule has 1 heterocycles. The molecule has 0 unspecified atom stereocenters. The minimum absolute atomic E-state index is 0.204. The molecule has 222 valence electrons. The summed E-state index contributed by atoms with van der Waals surface area (Å²) in [5.74, 6) is 2.08. The summed E-state index contributed by atoms with van der Waals surface area (Å²) in [6, 6.07) is 29.8. The number of rotatable bonds is 11. The Kier molecular flexibility index (Phi) is 9.73. The van der Waals surface area contributed by atoms with Crippen LogP contribution in [0.3, 0.4) is 0 Å². The van der Waals surface area contributed by atoms with Gasteiger partial charge in [-0.25, -0.2) is 0 Å². The van der Waals surface area contributed by atoms with Crippen LogP contribution in [0.15, 0.2) is 108 Å². The molecule has 2 amide bonds. The molecule has 0 aliphatic rings. The molecule has 9 nitrogen and oxygen atoms in total. The number of methoxy groups -OCH3 is 2. The number of carbonyl (C=O) groups excluding carboxylic acids is 2. The van der Waals surface area contributed by atoms with Crippen LogP contribution < -0.4 is 20.1 Å². The summed E-state index contributed by atoms with van der Waals surface area (Å²) in [7, 11) is 5.04. The molecular weight excluding hydrogens is 574 g/mol. The largest absolute Gasteiger partial charge is 0.497 e. The minimum Gasteiger partial charge on any atom is -0.497 e. The van der Waals surface area contributed by atoms with Crippen LogP contribution in [0.1, 0.15) is 21.5 Å². The fraction of sp³-hybridized carbons (Fsp3) is 0.118. The number of hydrogen-bond acceptors (Lipinski definition) is 7. The molecule has 1 aromatic heterocycles. The fourth-order valence-corrected chi connectivity index (χ4v) is 5.19. The molecule has 4 aromatic carbocycles. The van der Waals surface area contributed by atoms with E-state index >= 15 is 0 Å². The third kappa shape index (κ3) is 7.53. The summed E-state index contributed by atoms with van der Waals surface area (Å²) in [5.41, 5.74) is 4.62. The first-order valence-electron chi connectivity index (χ1n) is 13.7. The van der Waals surface area contributed by atoms with Gasteiger partial charge in [0.25, 0.3) is 5.91 Å². The maximum absolute atomic E-state index is 12.9. The third-order valence-electron chi connectivity index (χ3n) is 6.71. The second kappa shape index (κ2) is 14.2. The number of carbonyl (C=O) groups is 2.